The largest absolute Gasteiger partial charge is 0.490 e. The number of benzene rings is 2. The standard InChI is InChI=1S/C38H50ClN3O5S/c1-26-20-28(13-15-41-16-18-46-19-17-41)5-6-29-7-8-32(29)23-42-24-38(14-3-4-30-21-33(39)10-11-34(30)38)25-47-36-12-9-31(22-35(36)42)37(43)40-48(44,45)27(26)2/h5-6,9-12,21-22,26-29,32H,3-4,7-8,13-20,23-25H2,1-2H3,(H,40,43)/b6-5-/t26-,27+,28-,29+,32-,38-/m0/s1. The van der Waals surface area contributed by atoms with Crippen molar-refractivity contribution in [2.24, 2.45) is 23.7 Å². The number of carbonyl (C=O) groups is 1. The Morgan fingerprint density at radius 2 is 1.90 bits per heavy atom. The number of morpholine rings is 1. The summed E-state index contributed by atoms with van der Waals surface area (Å²) in [6.07, 6.45) is 11.9. The van der Waals surface area contributed by atoms with Crippen molar-refractivity contribution in [2.45, 2.75) is 69.5 Å². The number of allylic oxidation sites excluding steroid dienone is 2. The van der Waals surface area contributed by atoms with E-state index in [2.05, 4.69) is 38.8 Å². The molecule has 1 spiro atoms. The van der Waals surface area contributed by atoms with Gasteiger partial charge in [0.1, 0.15) is 5.75 Å². The SMILES string of the molecule is C[C@@H]1[C@@H](C)C[C@H](CCN2CCOCC2)/C=C\[C@@H]2CC[C@H]2CN2C[C@@]3(CCCc4cc(Cl)ccc43)COc3ccc(cc32)C(=O)NS1(=O)=O. The van der Waals surface area contributed by atoms with Crippen LogP contribution in [0.25, 0.3) is 0 Å². The Morgan fingerprint density at radius 1 is 1.06 bits per heavy atom. The van der Waals surface area contributed by atoms with Crippen LogP contribution in [0.15, 0.2) is 48.6 Å². The highest BCUT2D eigenvalue weighted by molar-refractivity contribution is 7.90. The van der Waals surface area contributed by atoms with Crippen molar-refractivity contribution < 1.29 is 22.7 Å². The van der Waals surface area contributed by atoms with Crippen LogP contribution in [-0.2, 0) is 26.6 Å². The molecule has 1 saturated heterocycles. The van der Waals surface area contributed by atoms with Gasteiger partial charge in [-0.1, -0.05) is 36.7 Å². The van der Waals surface area contributed by atoms with E-state index in [0.29, 0.717) is 24.0 Å². The summed E-state index contributed by atoms with van der Waals surface area (Å²) >= 11 is 6.45. The molecule has 8 nitrogen and oxygen atoms in total. The molecule has 2 aliphatic carbocycles. The highest BCUT2D eigenvalue weighted by atomic mass is 35.5. The fraction of sp³-hybridized carbons (Fsp3) is 0.605. The van der Waals surface area contributed by atoms with Gasteiger partial charge >= 0.3 is 0 Å². The maximum atomic E-state index is 13.6. The number of hydrogen-bond donors (Lipinski definition) is 1. The molecule has 48 heavy (non-hydrogen) atoms. The minimum absolute atomic E-state index is 0.125. The summed E-state index contributed by atoms with van der Waals surface area (Å²) in [6.45, 7) is 10.3. The monoisotopic (exact) mass is 695 g/mol. The lowest BCUT2D eigenvalue weighted by molar-refractivity contribution is 0.0358. The molecule has 2 bridgehead atoms. The molecule has 1 saturated carbocycles. The van der Waals surface area contributed by atoms with Gasteiger partial charge in [0.15, 0.2) is 0 Å². The minimum Gasteiger partial charge on any atom is -0.490 e. The normalized spacial score (nSPS) is 32.9. The van der Waals surface area contributed by atoms with Gasteiger partial charge in [-0.25, -0.2) is 13.1 Å². The smallest absolute Gasteiger partial charge is 0.264 e. The first-order valence-corrected chi connectivity index (χ1v) is 19.9. The third-order valence-corrected chi connectivity index (χ3v) is 14.1. The molecule has 10 heteroatoms. The second kappa shape index (κ2) is 14.0. The van der Waals surface area contributed by atoms with Gasteiger partial charge in [0, 0.05) is 42.2 Å². The Morgan fingerprint density at radius 3 is 2.69 bits per heavy atom. The molecule has 1 amide bonds. The average molecular weight is 696 g/mol. The van der Waals surface area contributed by atoms with Gasteiger partial charge in [-0.3, -0.25) is 9.69 Å². The third kappa shape index (κ3) is 7.03. The summed E-state index contributed by atoms with van der Waals surface area (Å²) in [7, 11) is -3.91. The quantitative estimate of drug-likeness (QED) is 0.382. The molecule has 2 fully saturated rings. The van der Waals surface area contributed by atoms with E-state index in [-0.39, 0.29) is 17.3 Å². The number of ether oxygens (including phenoxy) is 2. The molecular formula is C38H50ClN3O5S. The van der Waals surface area contributed by atoms with Gasteiger partial charge < -0.3 is 14.4 Å². The highest BCUT2D eigenvalue weighted by Crippen LogP contribution is 2.46. The number of hydrogen-bond acceptors (Lipinski definition) is 7. The lowest BCUT2D eigenvalue weighted by Crippen LogP contribution is -2.48. The van der Waals surface area contributed by atoms with Crippen molar-refractivity contribution in [1.29, 1.82) is 0 Å². The van der Waals surface area contributed by atoms with Gasteiger partial charge in [0.2, 0.25) is 10.0 Å². The molecule has 1 N–H and O–H groups in total. The first-order chi connectivity index (χ1) is 23.1. The molecule has 2 aromatic carbocycles. The second-order valence-corrected chi connectivity index (χ2v) is 17.5. The molecule has 7 rings (SSSR count). The zero-order valence-electron chi connectivity index (χ0n) is 28.3. The molecule has 6 atom stereocenters. The van der Waals surface area contributed by atoms with Gasteiger partial charge in [-0.2, -0.15) is 0 Å². The number of aryl methyl sites for hydroxylation is 1. The number of rotatable bonds is 3. The number of anilines is 1. The van der Waals surface area contributed by atoms with Crippen LogP contribution in [-0.4, -0.2) is 77.0 Å². The predicted molar refractivity (Wildman–Crippen MR) is 191 cm³/mol. The number of sulfonamides is 1. The summed E-state index contributed by atoms with van der Waals surface area (Å²) in [5, 5.41) is 0.0424. The molecule has 2 aromatic rings. The summed E-state index contributed by atoms with van der Waals surface area (Å²) < 4.78 is 41.8. The molecule has 5 aliphatic rings. The van der Waals surface area contributed by atoms with E-state index in [9.17, 15) is 13.2 Å². The van der Waals surface area contributed by atoms with E-state index >= 15 is 0 Å². The van der Waals surface area contributed by atoms with Crippen LogP contribution >= 0.6 is 11.6 Å². The zero-order chi connectivity index (χ0) is 33.5. The Labute approximate surface area is 291 Å². The number of halogens is 1. The van der Waals surface area contributed by atoms with Crippen molar-refractivity contribution in [3.8, 4) is 5.75 Å². The van der Waals surface area contributed by atoms with Crippen LogP contribution in [0.3, 0.4) is 0 Å². The molecule has 0 unspecified atom stereocenters. The van der Waals surface area contributed by atoms with Gasteiger partial charge in [-0.05, 0) is 124 Å². The number of carbonyl (C=O) groups excluding carboxylic acids is 1. The van der Waals surface area contributed by atoms with E-state index in [4.69, 9.17) is 21.1 Å². The average Bonchev–Trinajstić information content (AvgIpc) is 3.21. The Bertz CT molecular complexity index is 1640. The summed E-state index contributed by atoms with van der Waals surface area (Å²) in [5.74, 6) is 1.23. The number of amides is 1. The molecule has 0 aromatic heterocycles. The van der Waals surface area contributed by atoms with Crippen LogP contribution in [0.1, 0.15) is 73.9 Å². The zero-order valence-corrected chi connectivity index (χ0v) is 29.9. The Balaban J connectivity index is 1.23. The first kappa shape index (κ1) is 33.9. The van der Waals surface area contributed by atoms with Crippen LogP contribution in [0.2, 0.25) is 5.02 Å². The van der Waals surface area contributed by atoms with Gasteiger partial charge in [0.05, 0.1) is 30.8 Å². The molecule has 3 aliphatic heterocycles. The first-order valence-electron chi connectivity index (χ1n) is 18.0. The number of nitrogens with one attached hydrogen (secondary N) is 1. The van der Waals surface area contributed by atoms with Crippen LogP contribution in [0, 0.1) is 23.7 Å². The Kier molecular flexibility index (Phi) is 9.86. The topological polar surface area (TPSA) is 88.2 Å². The van der Waals surface area contributed by atoms with E-state index in [1.165, 1.54) is 11.1 Å². The minimum atomic E-state index is -3.91. The summed E-state index contributed by atoms with van der Waals surface area (Å²) in [4.78, 5) is 18.5. The van der Waals surface area contributed by atoms with Crippen molar-refractivity contribution >= 4 is 33.2 Å². The van der Waals surface area contributed by atoms with Crippen LogP contribution in [0.5, 0.6) is 5.75 Å². The maximum absolute atomic E-state index is 13.6. The predicted octanol–water partition coefficient (Wildman–Crippen LogP) is 6.22. The highest BCUT2D eigenvalue weighted by Gasteiger charge is 2.43. The molecule has 260 valence electrons. The van der Waals surface area contributed by atoms with Crippen molar-refractivity contribution in [3.63, 3.8) is 0 Å². The molecular weight excluding hydrogens is 646 g/mol. The fourth-order valence-corrected chi connectivity index (χ4v) is 10.1. The van der Waals surface area contributed by atoms with Gasteiger partial charge in [0.25, 0.3) is 5.91 Å². The number of nitrogens with zero attached hydrogens (tertiary/aromatic N) is 2. The second-order valence-electron chi connectivity index (χ2n) is 15.1. The lowest BCUT2D eigenvalue weighted by atomic mass is 9.69. The van der Waals surface area contributed by atoms with Crippen LogP contribution in [0.4, 0.5) is 5.69 Å². The fourth-order valence-electron chi connectivity index (χ4n) is 8.63. The molecule has 0 radical (unpaired) electrons. The van der Waals surface area contributed by atoms with Gasteiger partial charge in [-0.15, -0.1) is 0 Å². The molecule has 3 heterocycles. The summed E-state index contributed by atoms with van der Waals surface area (Å²) in [5.41, 5.74) is 3.58. The lowest BCUT2D eigenvalue weighted by Gasteiger charge is -2.44. The maximum Gasteiger partial charge on any atom is 0.264 e. The van der Waals surface area contributed by atoms with Crippen molar-refractivity contribution in [3.05, 3.63) is 70.3 Å². The van der Waals surface area contributed by atoms with Crippen molar-refractivity contribution in [2.75, 3.05) is 57.4 Å². The third-order valence-electron chi connectivity index (χ3n) is 12.0. The summed E-state index contributed by atoms with van der Waals surface area (Å²) in [6, 6.07) is 11.7. The van der Waals surface area contributed by atoms with E-state index in [0.717, 1.165) is 107 Å². The number of fused-ring (bicyclic) bond motifs is 4. The van der Waals surface area contributed by atoms with Crippen molar-refractivity contribution in [1.82, 2.24) is 9.62 Å². The Hall–Kier alpha value is -2.59. The van der Waals surface area contributed by atoms with E-state index in [1.54, 1.807) is 13.0 Å². The van der Waals surface area contributed by atoms with Crippen LogP contribution < -0.4 is 14.4 Å². The van der Waals surface area contributed by atoms with E-state index in [1.807, 2.05) is 25.1 Å². The van der Waals surface area contributed by atoms with E-state index < -0.39 is 21.2 Å².